The van der Waals surface area contributed by atoms with Gasteiger partial charge in [-0.3, -0.25) is 4.90 Å². The van der Waals surface area contributed by atoms with E-state index in [2.05, 4.69) is 27.0 Å². The van der Waals surface area contributed by atoms with Gasteiger partial charge in [0.25, 0.3) is 0 Å². The van der Waals surface area contributed by atoms with Gasteiger partial charge in [-0.2, -0.15) is 0 Å². The Balaban J connectivity index is 4.81. The summed E-state index contributed by atoms with van der Waals surface area (Å²) < 4.78 is 0. The first-order valence-electron chi connectivity index (χ1n) is 6.88. The summed E-state index contributed by atoms with van der Waals surface area (Å²) in [5.41, 5.74) is 0. The molecule has 18 heavy (non-hydrogen) atoms. The molecular formula is C15H27NO2. The third-order valence-electron chi connectivity index (χ3n) is 3.19. The molecule has 104 valence electrons. The van der Waals surface area contributed by atoms with Crippen molar-refractivity contribution in [2.45, 2.75) is 64.5 Å². The van der Waals surface area contributed by atoms with Crippen molar-refractivity contribution < 1.29 is 9.90 Å². The standard InChI is InChI=1S/C15H27NO2/c1-5-9-11-13(7-3)16(15(17)18)14(8-4)12-10-6-2/h7-8,13-14H,3-6,9-12H2,1-2H3,(H,17,18). The average Bonchev–Trinajstić information content (AvgIpc) is 2.37. The Bertz CT molecular complexity index is 243. The molecule has 0 aromatic carbocycles. The summed E-state index contributed by atoms with van der Waals surface area (Å²) >= 11 is 0. The van der Waals surface area contributed by atoms with Gasteiger partial charge in [-0.25, -0.2) is 4.79 Å². The highest BCUT2D eigenvalue weighted by molar-refractivity contribution is 5.66. The number of unbranched alkanes of at least 4 members (excludes halogenated alkanes) is 2. The van der Waals surface area contributed by atoms with Crippen LogP contribution in [0.5, 0.6) is 0 Å². The highest BCUT2D eigenvalue weighted by atomic mass is 16.4. The van der Waals surface area contributed by atoms with Crippen LogP contribution >= 0.6 is 0 Å². The van der Waals surface area contributed by atoms with Crippen LogP contribution in [0.3, 0.4) is 0 Å². The Labute approximate surface area is 111 Å². The Morgan fingerprint density at radius 2 is 1.50 bits per heavy atom. The minimum atomic E-state index is -0.878. The first kappa shape index (κ1) is 16.8. The molecule has 3 heteroatoms. The fourth-order valence-corrected chi connectivity index (χ4v) is 2.10. The lowest BCUT2D eigenvalue weighted by molar-refractivity contribution is 0.115. The molecule has 0 bridgehead atoms. The lowest BCUT2D eigenvalue weighted by Gasteiger charge is -2.33. The molecule has 1 amide bonds. The van der Waals surface area contributed by atoms with Crippen molar-refractivity contribution in [2.24, 2.45) is 0 Å². The van der Waals surface area contributed by atoms with Crippen LogP contribution < -0.4 is 0 Å². The van der Waals surface area contributed by atoms with E-state index in [-0.39, 0.29) is 12.1 Å². The van der Waals surface area contributed by atoms with Crippen LogP contribution in [-0.2, 0) is 0 Å². The molecule has 0 aliphatic heterocycles. The SMILES string of the molecule is C=CC(CCCC)N(C(=O)O)C(C=C)CCCC. The van der Waals surface area contributed by atoms with E-state index in [9.17, 15) is 9.90 Å². The van der Waals surface area contributed by atoms with Crippen LogP contribution in [0.15, 0.2) is 25.3 Å². The first-order valence-corrected chi connectivity index (χ1v) is 6.88. The van der Waals surface area contributed by atoms with Gasteiger partial charge in [0.2, 0.25) is 0 Å². The van der Waals surface area contributed by atoms with Crippen molar-refractivity contribution in [3.8, 4) is 0 Å². The third-order valence-corrected chi connectivity index (χ3v) is 3.19. The van der Waals surface area contributed by atoms with Gasteiger partial charge in [0.15, 0.2) is 0 Å². The predicted molar refractivity (Wildman–Crippen MR) is 76.9 cm³/mol. The number of carboxylic acid groups (broad SMARTS) is 1. The van der Waals surface area contributed by atoms with Gasteiger partial charge in [0, 0.05) is 0 Å². The highest BCUT2D eigenvalue weighted by Crippen LogP contribution is 2.18. The minimum Gasteiger partial charge on any atom is -0.465 e. The zero-order valence-corrected chi connectivity index (χ0v) is 11.8. The summed E-state index contributed by atoms with van der Waals surface area (Å²) in [7, 11) is 0. The normalized spacial score (nSPS) is 13.7. The number of nitrogens with zero attached hydrogens (tertiary/aromatic N) is 1. The van der Waals surface area contributed by atoms with Gasteiger partial charge in [-0.15, -0.1) is 13.2 Å². The Kier molecular flexibility index (Phi) is 9.07. The summed E-state index contributed by atoms with van der Waals surface area (Å²) in [6.45, 7) is 11.8. The van der Waals surface area contributed by atoms with E-state index in [0.29, 0.717) is 0 Å². The minimum absolute atomic E-state index is 0.109. The number of carbonyl (C=O) groups is 1. The fraction of sp³-hybridized carbons (Fsp3) is 0.667. The number of rotatable bonds is 10. The second kappa shape index (κ2) is 9.75. The molecule has 0 rings (SSSR count). The van der Waals surface area contributed by atoms with Crippen molar-refractivity contribution in [1.82, 2.24) is 4.90 Å². The van der Waals surface area contributed by atoms with E-state index in [1.807, 2.05) is 0 Å². The lowest BCUT2D eigenvalue weighted by atomic mass is 10.0. The molecule has 0 spiro atoms. The Hall–Kier alpha value is -1.25. The molecule has 2 atom stereocenters. The summed E-state index contributed by atoms with van der Waals surface area (Å²) in [4.78, 5) is 13.0. The van der Waals surface area contributed by atoms with Crippen molar-refractivity contribution >= 4 is 6.09 Å². The molecule has 0 fully saturated rings. The van der Waals surface area contributed by atoms with Crippen LogP contribution in [0, 0.1) is 0 Å². The maximum Gasteiger partial charge on any atom is 0.408 e. The van der Waals surface area contributed by atoms with E-state index in [1.165, 1.54) is 4.90 Å². The van der Waals surface area contributed by atoms with Crippen molar-refractivity contribution in [1.29, 1.82) is 0 Å². The Morgan fingerprint density at radius 1 is 1.11 bits per heavy atom. The van der Waals surface area contributed by atoms with Gasteiger partial charge in [-0.1, -0.05) is 51.7 Å². The molecule has 0 saturated carbocycles. The molecule has 0 aliphatic carbocycles. The van der Waals surface area contributed by atoms with Gasteiger partial charge < -0.3 is 5.11 Å². The predicted octanol–water partition coefficient (Wildman–Crippen LogP) is 4.46. The van der Waals surface area contributed by atoms with Crippen LogP contribution in [-0.4, -0.2) is 28.2 Å². The molecule has 0 aromatic rings. The summed E-state index contributed by atoms with van der Waals surface area (Å²) in [5, 5.41) is 9.41. The largest absolute Gasteiger partial charge is 0.465 e. The topological polar surface area (TPSA) is 40.5 Å². The molecule has 3 nitrogen and oxygen atoms in total. The smallest absolute Gasteiger partial charge is 0.408 e. The monoisotopic (exact) mass is 253 g/mol. The molecule has 2 unspecified atom stereocenters. The van der Waals surface area contributed by atoms with Crippen LogP contribution in [0.25, 0.3) is 0 Å². The van der Waals surface area contributed by atoms with E-state index in [1.54, 1.807) is 12.2 Å². The van der Waals surface area contributed by atoms with E-state index >= 15 is 0 Å². The van der Waals surface area contributed by atoms with Crippen LogP contribution in [0.1, 0.15) is 52.4 Å². The summed E-state index contributed by atoms with van der Waals surface area (Å²) in [6.07, 6.45) is 8.43. The van der Waals surface area contributed by atoms with Gasteiger partial charge in [0.05, 0.1) is 12.1 Å². The highest BCUT2D eigenvalue weighted by Gasteiger charge is 2.26. The first-order chi connectivity index (χ1) is 8.62. The second-order valence-electron chi connectivity index (χ2n) is 4.58. The summed E-state index contributed by atoms with van der Waals surface area (Å²) in [6, 6.07) is -0.218. The molecule has 0 saturated heterocycles. The van der Waals surface area contributed by atoms with E-state index in [4.69, 9.17) is 0 Å². The number of amides is 1. The lowest BCUT2D eigenvalue weighted by Crippen LogP contribution is -2.45. The summed E-state index contributed by atoms with van der Waals surface area (Å²) in [5.74, 6) is 0. The molecule has 0 aromatic heterocycles. The van der Waals surface area contributed by atoms with E-state index in [0.717, 1.165) is 38.5 Å². The number of hydrogen-bond acceptors (Lipinski definition) is 1. The number of hydrogen-bond donors (Lipinski definition) is 1. The van der Waals surface area contributed by atoms with Crippen LogP contribution in [0.2, 0.25) is 0 Å². The van der Waals surface area contributed by atoms with Crippen LogP contribution in [0.4, 0.5) is 4.79 Å². The van der Waals surface area contributed by atoms with Gasteiger partial charge in [-0.05, 0) is 12.8 Å². The molecule has 0 aliphatic rings. The zero-order valence-electron chi connectivity index (χ0n) is 11.8. The maximum atomic E-state index is 11.5. The van der Waals surface area contributed by atoms with Crippen molar-refractivity contribution in [3.05, 3.63) is 25.3 Å². The van der Waals surface area contributed by atoms with Crippen molar-refractivity contribution in [2.75, 3.05) is 0 Å². The molecule has 1 N–H and O–H groups in total. The quantitative estimate of drug-likeness (QED) is 0.584. The third kappa shape index (κ3) is 5.39. The van der Waals surface area contributed by atoms with E-state index < -0.39 is 6.09 Å². The van der Waals surface area contributed by atoms with Gasteiger partial charge >= 0.3 is 6.09 Å². The average molecular weight is 253 g/mol. The molecule has 0 heterocycles. The maximum absolute atomic E-state index is 11.5. The fourth-order valence-electron chi connectivity index (χ4n) is 2.10. The van der Waals surface area contributed by atoms with Gasteiger partial charge in [0.1, 0.15) is 0 Å². The molecular weight excluding hydrogens is 226 g/mol. The molecule has 0 radical (unpaired) electrons. The van der Waals surface area contributed by atoms with Crippen molar-refractivity contribution in [3.63, 3.8) is 0 Å². The zero-order chi connectivity index (χ0) is 14.0. The Morgan fingerprint density at radius 3 is 1.72 bits per heavy atom. The second-order valence-corrected chi connectivity index (χ2v) is 4.58.